The molecule has 1 aliphatic carbocycles. The predicted octanol–water partition coefficient (Wildman–Crippen LogP) is 10.1. The molecule has 4 aromatic carbocycles. The molecular weight excluding hydrogens is 733 g/mol. The van der Waals surface area contributed by atoms with Crippen molar-refractivity contribution in [3.8, 4) is 28.2 Å². The van der Waals surface area contributed by atoms with Gasteiger partial charge >= 0.3 is 11.9 Å². The fourth-order valence-corrected chi connectivity index (χ4v) is 6.95. The van der Waals surface area contributed by atoms with Gasteiger partial charge in [0.05, 0.1) is 44.7 Å². The molecule has 3 heterocycles. The van der Waals surface area contributed by atoms with Crippen LogP contribution in [-0.4, -0.2) is 37.2 Å². The molecule has 6 aromatic rings. The van der Waals surface area contributed by atoms with Gasteiger partial charge in [-0.3, -0.25) is 14.8 Å². The van der Waals surface area contributed by atoms with Crippen molar-refractivity contribution in [1.29, 1.82) is 0 Å². The zero-order valence-electron chi connectivity index (χ0n) is 31.6. The molecule has 0 saturated heterocycles. The zero-order valence-corrected chi connectivity index (χ0v) is 31.6. The minimum atomic E-state index is -1.27. The topological polar surface area (TPSA) is 175 Å². The maximum absolute atomic E-state index is 13.7. The van der Waals surface area contributed by atoms with E-state index in [2.05, 4.69) is 27.2 Å². The van der Waals surface area contributed by atoms with Crippen molar-refractivity contribution in [3.05, 3.63) is 172 Å². The van der Waals surface area contributed by atoms with Crippen LogP contribution in [0.3, 0.4) is 0 Å². The molecule has 2 aliphatic rings. The molecular formula is C47H38N4O7. The van der Waals surface area contributed by atoms with E-state index in [1.807, 2.05) is 86.7 Å². The van der Waals surface area contributed by atoms with E-state index in [-0.39, 0.29) is 57.9 Å². The van der Waals surface area contributed by atoms with Gasteiger partial charge in [0, 0.05) is 52.8 Å². The molecule has 11 heteroatoms. The third-order valence-corrected chi connectivity index (χ3v) is 9.59. The van der Waals surface area contributed by atoms with Crippen LogP contribution < -0.4 is 16.1 Å². The fraction of sp³-hybridized carbons (Fsp3) is 0.0851. The van der Waals surface area contributed by atoms with Crippen molar-refractivity contribution in [2.45, 2.75) is 26.9 Å². The Morgan fingerprint density at radius 3 is 1.95 bits per heavy atom. The summed E-state index contributed by atoms with van der Waals surface area (Å²) in [4.78, 5) is 47.4. The number of aromatic carboxylic acids is 2. The van der Waals surface area contributed by atoms with Crippen molar-refractivity contribution in [2.24, 2.45) is 0 Å². The Morgan fingerprint density at radius 2 is 1.38 bits per heavy atom. The van der Waals surface area contributed by atoms with Gasteiger partial charge in [0.2, 0.25) is 0 Å². The highest BCUT2D eigenvalue weighted by Crippen LogP contribution is 2.45. The molecule has 0 unspecified atom stereocenters. The third kappa shape index (κ3) is 7.69. The van der Waals surface area contributed by atoms with E-state index in [1.165, 1.54) is 30.3 Å². The Bertz CT molecular complexity index is 2940. The Balaban J connectivity index is 0.000000794. The van der Waals surface area contributed by atoms with Crippen molar-refractivity contribution >= 4 is 56.1 Å². The number of anilines is 2. The number of benzene rings is 5. The van der Waals surface area contributed by atoms with E-state index in [4.69, 9.17) is 4.42 Å². The summed E-state index contributed by atoms with van der Waals surface area (Å²) in [6, 6.07) is 28.7. The van der Waals surface area contributed by atoms with Gasteiger partial charge in [-0.25, -0.2) is 9.59 Å². The lowest BCUT2D eigenvalue weighted by atomic mass is 9.87. The molecule has 11 nitrogen and oxygen atoms in total. The number of fused-ring (bicyclic) bond motifs is 4. The molecule has 0 atom stereocenters. The van der Waals surface area contributed by atoms with Gasteiger partial charge < -0.3 is 30.4 Å². The van der Waals surface area contributed by atoms with Crippen molar-refractivity contribution in [3.63, 3.8) is 0 Å². The molecule has 0 bridgehead atoms. The number of nitrogens with zero attached hydrogens (tertiary/aromatic N) is 2. The van der Waals surface area contributed by atoms with Crippen LogP contribution in [0.1, 0.15) is 45.7 Å². The van der Waals surface area contributed by atoms with Crippen molar-refractivity contribution in [1.82, 2.24) is 9.97 Å². The number of phenols is 1. The molecule has 288 valence electrons. The fourth-order valence-electron chi connectivity index (χ4n) is 6.95. The van der Waals surface area contributed by atoms with Gasteiger partial charge in [0.15, 0.2) is 5.43 Å². The van der Waals surface area contributed by atoms with E-state index in [0.717, 1.165) is 21.9 Å². The second-order valence-corrected chi connectivity index (χ2v) is 13.5. The van der Waals surface area contributed by atoms with Gasteiger partial charge in [0.25, 0.3) is 0 Å². The number of rotatable bonds is 10. The standard InChI is InChI=1S/C41H28N4O7.C6H10/c46-33-15-13-26-35(28-19-24(40(48)49)11-12-25(28)41(50)51)27-14-16-34(47)30(21-45-32-10-2-6-23-8-4-18-43-37(23)32)39(27)52-38(26)29(33)20-44-31-9-1-5-22-7-3-17-42-36(22)31;1-4-5-6(2)3/h1-19,44-46H,20-21H2,(H,48,49)(H,50,51);4-5H,2H2,1,3H3/b;5-4-. The quantitative estimate of drug-likeness (QED) is 0.0661. The summed E-state index contributed by atoms with van der Waals surface area (Å²) in [5.41, 5.74) is 4.86. The number of hydrogen-bond acceptors (Lipinski definition) is 9. The van der Waals surface area contributed by atoms with Crippen LogP contribution in [0.15, 0.2) is 149 Å². The molecule has 0 fully saturated rings. The molecule has 5 N–H and O–H groups in total. The molecule has 0 radical (unpaired) electrons. The second kappa shape index (κ2) is 16.5. The number of pyridine rings is 2. The Hall–Kier alpha value is -7.79. The summed E-state index contributed by atoms with van der Waals surface area (Å²) in [5.74, 6) is -2.48. The zero-order chi connectivity index (χ0) is 40.9. The molecule has 1 aliphatic heterocycles. The van der Waals surface area contributed by atoms with Crippen LogP contribution in [0.5, 0.6) is 5.75 Å². The first-order valence-corrected chi connectivity index (χ1v) is 18.3. The first kappa shape index (κ1) is 38.5. The van der Waals surface area contributed by atoms with Crippen LogP contribution in [0.25, 0.3) is 55.2 Å². The van der Waals surface area contributed by atoms with Crippen molar-refractivity contribution < 1.29 is 29.3 Å². The highest BCUT2D eigenvalue weighted by Gasteiger charge is 2.27. The first-order chi connectivity index (χ1) is 28.0. The minimum Gasteiger partial charge on any atom is -0.507 e. The van der Waals surface area contributed by atoms with E-state index in [0.29, 0.717) is 39.0 Å². The number of aromatic nitrogens is 2. The normalized spacial score (nSPS) is 11.1. The number of carboxylic acids is 2. The molecule has 2 aromatic heterocycles. The Labute approximate surface area is 332 Å². The third-order valence-electron chi connectivity index (χ3n) is 9.59. The summed E-state index contributed by atoms with van der Waals surface area (Å²) < 4.78 is 6.63. The average Bonchev–Trinajstić information content (AvgIpc) is 3.22. The van der Waals surface area contributed by atoms with Crippen LogP contribution in [-0.2, 0) is 13.1 Å². The summed E-state index contributed by atoms with van der Waals surface area (Å²) in [6.45, 7) is 7.68. The predicted molar refractivity (Wildman–Crippen MR) is 228 cm³/mol. The van der Waals surface area contributed by atoms with Crippen LogP contribution in [0.2, 0.25) is 0 Å². The van der Waals surface area contributed by atoms with Crippen LogP contribution in [0.4, 0.5) is 11.4 Å². The number of carbonyl (C=O) groups is 2. The van der Waals surface area contributed by atoms with E-state index >= 15 is 0 Å². The van der Waals surface area contributed by atoms with Gasteiger partial charge in [-0.15, -0.1) is 0 Å². The van der Waals surface area contributed by atoms with Gasteiger partial charge in [-0.2, -0.15) is 0 Å². The average molecular weight is 771 g/mol. The van der Waals surface area contributed by atoms with Gasteiger partial charge in [-0.1, -0.05) is 60.7 Å². The lowest BCUT2D eigenvalue weighted by Crippen LogP contribution is -2.15. The van der Waals surface area contributed by atoms with E-state index in [1.54, 1.807) is 24.5 Å². The maximum Gasteiger partial charge on any atom is 0.336 e. The minimum absolute atomic E-state index is 0.00926. The van der Waals surface area contributed by atoms with Gasteiger partial charge in [0.1, 0.15) is 17.1 Å². The molecule has 0 saturated carbocycles. The number of allylic oxidation sites excluding steroid dienone is 3. The first-order valence-electron chi connectivity index (χ1n) is 18.3. The number of nitrogens with one attached hydrogen (secondary N) is 2. The Morgan fingerprint density at radius 1 is 0.759 bits per heavy atom. The maximum atomic E-state index is 13.7. The Kier molecular flexibility index (Phi) is 11.0. The monoisotopic (exact) mass is 770 g/mol. The SMILES string of the molecule is C=C(C)/C=C\C.O=C(O)c1ccc(C(=O)O)c(-c2c3ccc(=O)c(CNc4cccc5cccnc45)c-3oc3c(CNc4cccc5cccnc45)c(O)ccc23)c1. The summed E-state index contributed by atoms with van der Waals surface area (Å²) >= 11 is 0. The molecule has 0 spiro atoms. The highest BCUT2D eigenvalue weighted by molar-refractivity contribution is 6.10. The van der Waals surface area contributed by atoms with Crippen LogP contribution in [0, 0.1) is 0 Å². The number of carboxylic acid groups (broad SMARTS) is 2. The molecule has 8 rings (SSSR count). The number of phenolic OH excluding ortho intramolecular Hbond substituents is 1. The van der Waals surface area contributed by atoms with Crippen LogP contribution >= 0.6 is 0 Å². The van der Waals surface area contributed by atoms with Crippen molar-refractivity contribution in [2.75, 3.05) is 10.6 Å². The molecule has 58 heavy (non-hydrogen) atoms. The van der Waals surface area contributed by atoms with Gasteiger partial charge in [-0.05, 0) is 86.1 Å². The lowest BCUT2D eigenvalue weighted by molar-refractivity contribution is 0.0682. The lowest BCUT2D eigenvalue weighted by Gasteiger charge is -2.21. The smallest absolute Gasteiger partial charge is 0.336 e. The molecule has 0 amide bonds. The summed E-state index contributed by atoms with van der Waals surface area (Å²) in [5, 5.41) is 40.4. The number of aromatic hydroxyl groups is 1. The van der Waals surface area contributed by atoms with E-state index < -0.39 is 11.9 Å². The largest absolute Gasteiger partial charge is 0.507 e. The summed E-state index contributed by atoms with van der Waals surface area (Å²) in [7, 11) is 0. The van der Waals surface area contributed by atoms with E-state index in [9.17, 15) is 29.7 Å². The summed E-state index contributed by atoms with van der Waals surface area (Å²) in [6.07, 6.45) is 7.31. The number of para-hydroxylation sites is 2. The number of hydrogen-bond donors (Lipinski definition) is 5. The highest BCUT2D eigenvalue weighted by atomic mass is 16.4. The second-order valence-electron chi connectivity index (χ2n) is 13.5.